The van der Waals surface area contributed by atoms with Crippen LogP contribution < -0.4 is 5.32 Å². The van der Waals surface area contributed by atoms with Crippen LogP contribution in [0.5, 0.6) is 0 Å². The molecule has 1 unspecified atom stereocenters. The van der Waals surface area contributed by atoms with E-state index in [0.717, 1.165) is 21.8 Å². The van der Waals surface area contributed by atoms with E-state index in [9.17, 15) is 0 Å². The minimum Gasteiger partial charge on any atom is -0.308 e. The summed E-state index contributed by atoms with van der Waals surface area (Å²) in [4.78, 5) is 0. The zero-order chi connectivity index (χ0) is 12.4. The van der Waals surface area contributed by atoms with Gasteiger partial charge in [0.1, 0.15) is 0 Å². The van der Waals surface area contributed by atoms with Crippen LogP contribution in [0.3, 0.4) is 0 Å². The molecule has 17 heavy (non-hydrogen) atoms. The second-order valence-electron chi connectivity index (χ2n) is 4.08. The second kappa shape index (κ2) is 4.90. The molecule has 4 heteroatoms. The average Bonchev–Trinajstić information content (AvgIpc) is 2.72. The molecule has 1 heterocycles. The highest BCUT2D eigenvalue weighted by Gasteiger charge is 2.18. The first-order valence-corrected chi connectivity index (χ1v) is 5.93. The third kappa shape index (κ3) is 2.21. The molecule has 1 aromatic carbocycles. The van der Waals surface area contributed by atoms with E-state index in [4.69, 9.17) is 11.6 Å². The van der Waals surface area contributed by atoms with Crippen LogP contribution in [0.2, 0.25) is 5.02 Å². The van der Waals surface area contributed by atoms with E-state index in [1.807, 2.05) is 50.0 Å². The Bertz CT molecular complexity index is 519. The number of rotatable bonds is 3. The lowest BCUT2D eigenvalue weighted by Crippen LogP contribution is -2.21. The lowest BCUT2D eigenvalue weighted by molar-refractivity contribution is 0.606. The fraction of sp³-hybridized carbons (Fsp3) is 0.308. The van der Waals surface area contributed by atoms with Gasteiger partial charge in [0.05, 0.1) is 11.7 Å². The van der Waals surface area contributed by atoms with Crippen LogP contribution in [0.1, 0.15) is 22.9 Å². The number of hydrogen-bond donors (Lipinski definition) is 1. The molecular weight excluding hydrogens is 234 g/mol. The Morgan fingerprint density at radius 3 is 2.71 bits per heavy atom. The minimum atomic E-state index is 0.0647. The first-order valence-electron chi connectivity index (χ1n) is 5.55. The van der Waals surface area contributed by atoms with Crippen molar-refractivity contribution >= 4 is 11.6 Å². The number of aryl methyl sites for hydroxylation is 2. The molecule has 90 valence electrons. The summed E-state index contributed by atoms with van der Waals surface area (Å²) in [5.74, 6) is 0. The second-order valence-corrected chi connectivity index (χ2v) is 4.46. The Balaban J connectivity index is 2.50. The van der Waals surface area contributed by atoms with Gasteiger partial charge in [-0.3, -0.25) is 4.68 Å². The molecule has 0 spiro atoms. The highest BCUT2D eigenvalue weighted by atomic mass is 35.5. The van der Waals surface area contributed by atoms with Crippen molar-refractivity contribution in [1.82, 2.24) is 15.1 Å². The summed E-state index contributed by atoms with van der Waals surface area (Å²) in [5, 5.41) is 8.29. The van der Waals surface area contributed by atoms with Crippen LogP contribution >= 0.6 is 11.6 Å². The van der Waals surface area contributed by atoms with Crippen LogP contribution in [-0.4, -0.2) is 16.8 Å². The molecule has 1 aromatic heterocycles. The number of nitrogens with zero attached hydrogens (tertiary/aromatic N) is 2. The molecule has 0 saturated heterocycles. The molecule has 0 aliphatic carbocycles. The van der Waals surface area contributed by atoms with Crippen molar-refractivity contribution in [2.24, 2.45) is 7.05 Å². The lowest BCUT2D eigenvalue weighted by atomic mass is 10.0. The number of benzene rings is 1. The molecular formula is C13H16ClN3. The van der Waals surface area contributed by atoms with E-state index >= 15 is 0 Å². The topological polar surface area (TPSA) is 29.9 Å². The molecule has 0 aliphatic rings. The number of hydrogen-bond acceptors (Lipinski definition) is 2. The van der Waals surface area contributed by atoms with E-state index in [-0.39, 0.29) is 6.04 Å². The van der Waals surface area contributed by atoms with Gasteiger partial charge in [0, 0.05) is 18.3 Å². The van der Waals surface area contributed by atoms with Crippen LogP contribution in [-0.2, 0) is 7.05 Å². The maximum atomic E-state index is 6.37. The van der Waals surface area contributed by atoms with Crippen molar-refractivity contribution in [2.75, 3.05) is 7.05 Å². The Hall–Kier alpha value is -1.32. The van der Waals surface area contributed by atoms with E-state index in [2.05, 4.69) is 10.4 Å². The predicted molar refractivity (Wildman–Crippen MR) is 70.3 cm³/mol. The third-order valence-corrected chi connectivity index (χ3v) is 3.49. The largest absolute Gasteiger partial charge is 0.308 e. The van der Waals surface area contributed by atoms with Crippen molar-refractivity contribution < 1.29 is 0 Å². The van der Waals surface area contributed by atoms with Gasteiger partial charge in [-0.05, 0) is 31.2 Å². The fourth-order valence-corrected chi connectivity index (χ4v) is 2.26. The van der Waals surface area contributed by atoms with Gasteiger partial charge in [0.15, 0.2) is 0 Å². The van der Waals surface area contributed by atoms with Crippen molar-refractivity contribution in [3.63, 3.8) is 0 Å². The SMILES string of the molecule is CNC(c1cccc(C)c1Cl)c1ccnn1C. The number of aromatic nitrogens is 2. The Morgan fingerprint density at radius 2 is 2.12 bits per heavy atom. The molecule has 0 saturated carbocycles. The zero-order valence-electron chi connectivity index (χ0n) is 10.2. The summed E-state index contributed by atoms with van der Waals surface area (Å²) in [7, 11) is 3.86. The summed E-state index contributed by atoms with van der Waals surface area (Å²) >= 11 is 6.37. The predicted octanol–water partition coefficient (Wildman–Crippen LogP) is 2.69. The Kier molecular flexibility index (Phi) is 3.50. The molecule has 1 N–H and O–H groups in total. The van der Waals surface area contributed by atoms with Crippen LogP contribution in [0.15, 0.2) is 30.5 Å². The fourth-order valence-electron chi connectivity index (χ4n) is 2.02. The van der Waals surface area contributed by atoms with Gasteiger partial charge in [0.2, 0.25) is 0 Å². The highest BCUT2D eigenvalue weighted by molar-refractivity contribution is 6.32. The molecule has 0 bridgehead atoms. The van der Waals surface area contributed by atoms with E-state index in [1.54, 1.807) is 6.20 Å². The summed E-state index contributed by atoms with van der Waals surface area (Å²) in [6.07, 6.45) is 1.80. The van der Waals surface area contributed by atoms with Crippen LogP contribution in [0, 0.1) is 6.92 Å². The van der Waals surface area contributed by atoms with Gasteiger partial charge < -0.3 is 5.32 Å². The Morgan fingerprint density at radius 1 is 1.35 bits per heavy atom. The van der Waals surface area contributed by atoms with E-state index in [0.29, 0.717) is 0 Å². The highest BCUT2D eigenvalue weighted by Crippen LogP contribution is 2.29. The van der Waals surface area contributed by atoms with Gasteiger partial charge in [-0.15, -0.1) is 0 Å². The zero-order valence-corrected chi connectivity index (χ0v) is 11.0. The summed E-state index contributed by atoms with van der Waals surface area (Å²) in [6.45, 7) is 2.02. The van der Waals surface area contributed by atoms with Gasteiger partial charge in [0.25, 0.3) is 0 Å². The first-order chi connectivity index (χ1) is 8.15. The van der Waals surface area contributed by atoms with Crippen molar-refractivity contribution in [3.05, 3.63) is 52.3 Å². The lowest BCUT2D eigenvalue weighted by Gasteiger charge is -2.19. The molecule has 3 nitrogen and oxygen atoms in total. The maximum Gasteiger partial charge on any atom is 0.0760 e. The van der Waals surface area contributed by atoms with Crippen LogP contribution in [0.4, 0.5) is 0 Å². The average molecular weight is 250 g/mol. The monoisotopic (exact) mass is 249 g/mol. The van der Waals surface area contributed by atoms with Gasteiger partial charge in [-0.1, -0.05) is 29.8 Å². The smallest absolute Gasteiger partial charge is 0.0760 e. The molecule has 1 atom stereocenters. The Labute approximate surface area is 106 Å². The summed E-state index contributed by atoms with van der Waals surface area (Å²) < 4.78 is 1.86. The maximum absolute atomic E-state index is 6.37. The molecule has 0 amide bonds. The van der Waals surface area contributed by atoms with Crippen molar-refractivity contribution in [1.29, 1.82) is 0 Å². The molecule has 0 radical (unpaired) electrons. The van der Waals surface area contributed by atoms with Crippen molar-refractivity contribution in [3.8, 4) is 0 Å². The van der Waals surface area contributed by atoms with E-state index < -0.39 is 0 Å². The molecule has 2 rings (SSSR count). The van der Waals surface area contributed by atoms with Gasteiger partial charge >= 0.3 is 0 Å². The molecule has 0 fully saturated rings. The quantitative estimate of drug-likeness (QED) is 0.907. The summed E-state index contributed by atoms with van der Waals surface area (Å²) in [6, 6.07) is 8.15. The first kappa shape index (κ1) is 12.1. The van der Waals surface area contributed by atoms with E-state index in [1.165, 1.54) is 0 Å². The van der Waals surface area contributed by atoms with Crippen molar-refractivity contribution in [2.45, 2.75) is 13.0 Å². The summed E-state index contributed by atoms with van der Waals surface area (Å²) in [5.41, 5.74) is 3.27. The number of halogens is 1. The standard InChI is InChI=1S/C13H16ClN3/c1-9-5-4-6-10(12(9)14)13(15-2)11-7-8-16-17(11)3/h4-8,13,15H,1-3H3. The van der Waals surface area contributed by atoms with Gasteiger partial charge in [-0.25, -0.2) is 0 Å². The van der Waals surface area contributed by atoms with Gasteiger partial charge in [-0.2, -0.15) is 5.10 Å². The van der Waals surface area contributed by atoms with Crippen LogP contribution in [0.25, 0.3) is 0 Å². The minimum absolute atomic E-state index is 0.0647. The number of nitrogens with one attached hydrogen (secondary N) is 1. The third-order valence-electron chi connectivity index (χ3n) is 2.98. The normalized spacial score (nSPS) is 12.7. The molecule has 0 aliphatic heterocycles. The molecule has 2 aromatic rings.